The van der Waals surface area contributed by atoms with Gasteiger partial charge in [-0.05, 0) is 40.5 Å². The molecule has 0 rings (SSSR count). The van der Waals surface area contributed by atoms with Gasteiger partial charge in [-0.3, -0.25) is 9.79 Å². The third-order valence-electron chi connectivity index (χ3n) is 5.34. The highest BCUT2D eigenvalue weighted by molar-refractivity contribution is 5.77. The maximum Gasteiger partial charge on any atom is 0.320 e. The number of nitrogens with one attached hydrogen (secondary N) is 2. The van der Waals surface area contributed by atoms with E-state index in [4.69, 9.17) is 34.2 Å². The molecule has 40 heavy (non-hydrogen) atoms. The number of aliphatic imine (C=N–C) groups is 1. The molecular formula is C26H54N4O10. The third-order valence-corrected chi connectivity index (χ3v) is 5.34. The van der Waals surface area contributed by atoms with Crippen molar-refractivity contribution in [3.63, 3.8) is 0 Å². The molecule has 0 aliphatic heterocycles. The maximum atomic E-state index is 11.5. The van der Waals surface area contributed by atoms with E-state index in [0.717, 1.165) is 0 Å². The second kappa shape index (κ2) is 26.3. The smallest absolute Gasteiger partial charge is 0.320 e. The van der Waals surface area contributed by atoms with Gasteiger partial charge in [0.1, 0.15) is 6.04 Å². The van der Waals surface area contributed by atoms with Crippen molar-refractivity contribution in [3.8, 4) is 0 Å². The van der Waals surface area contributed by atoms with Gasteiger partial charge in [0.15, 0.2) is 5.96 Å². The monoisotopic (exact) mass is 582 g/mol. The van der Waals surface area contributed by atoms with E-state index in [0.29, 0.717) is 72.2 Å². The normalized spacial score (nSPS) is 15.9. The zero-order chi connectivity index (χ0) is 30.0. The third kappa shape index (κ3) is 24.2. The molecule has 14 nitrogen and oxygen atoms in total. The Kier molecular flexibility index (Phi) is 25.2. The summed E-state index contributed by atoms with van der Waals surface area (Å²) >= 11 is 0. The molecule has 0 aliphatic carbocycles. The Morgan fingerprint density at radius 2 is 1.40 bits per heavy atom. The summed E-state index contributed by atoms with van der Waals surface area (Å²) in [6, 6.07) is -0.831. The Morgan fingerprint density at radius 3 is 1.93 bits per heavy atom. The highest BCUT2D eigenvalue weighted by Gasteiger charge is 2.18. The van der Waals surface area contributed by atoms with Gasteiger partial charge in [-0.25, -0.2) is 0 Å². The van der Waals surface area contributed by atoms with Crippen molar-refractivity contribution in [2.24, 2.45) is 10.7 Å². The van der Waals surface area contributed by atoms with Gasteiger partial charge in [-0.1, -0.05) is 0 Å². The average molecular weight is 583 g/mol. The number of aliphatic hydroxyl groups is 2. The van der Waals surface area contributed by atoms with Crippen molar-refractivity contribution < 1.29 is 48.5 Å². The number of nitrogens with zero attached hydrogens (tertiary/aromatic N) is 1. The van der Waals surface area contributed by atoms with Gasteiger partial charge < -0.3 is 60.1 Å². The highest BCUT2D eigenvalue weighted by atomic mass is 16.6. The van der Waals surface area contributed by atoms with Crippen LogP contribution < -0.4 is 16.4 Å². The molecule has 0 fully saturated rings. The molecule has 0 heterocycles. The lowest BCUT2D eigenvalue weighted by Gasteiger charge is -2.18. The van der Waals surface area contributed by atoms with E-state index in [1.807, 2.05) is 27.7 Å². The fraction of sp³-hybridized carbons (Fsp3) is 0.923. The first kappa shape index (κ1) is 38.4. The first-order chi connectivity index (χ1) is 19.2. The number of rotatable bonds is 28. The van der Waals surface area contributed by atoms with Gasteiger partial charge in [0.25, 0.3) is 0 Å². The molecule has 0 saturated carbocycles. The Morgan fingerprint density at radius 1 is 0.850 bits per heavy atom. The van der Waals surface area contributed by atoms with Crippen LogP contribution in [-0.4, -0.2) is 143 Å². The SMILES string of the molecule is CCOCC(C)OCCOCC(O)CN=C(N)NCCCC(NCC(O)COCCOC(C)COCC)C(=O)O. The van der Waals surface area contributed by atoms with Crippen LogP contribution in [0.15, 0.2) is 4.99 Å². The minimum Gasteiger partial charge on any atom is -0.480 e. The van der Waals surface area contributed by atoms with Gasteiger partial charge in [-0.15, -0.1) is 0 Å². The topological polar surface area (TPSA) is 196 Å². The summed E-state index contributed by atoms with van der Waals surface area (Å²) in [5.74, 6) is -0.862. The average Bonchev–Trinajstić information content (AvgIpc) is 2.92. The number of carboxylic acids is 1. The first-order valence-electron chi connectivity index (χ1n) is 14.1. The molecule has 238 valence electrons. The van der Waals surface area contributed by atoms with Crippen LogP contribution in [0.1, 0.15) is 40.5 Å². The number of aliphatic carboxylic acids is 1. The van der Waals surface area contributed by atoms with Crippen molar-refractivity contribution in [3.05, 3.63) is 0 Å². The van der Waals surface area contributed by atoms with Crippen LogP contribution in [-0.2, 0) is 33.2 Å². The predicted molar refractivity (Wildman–Crippen MR) is 151 cm³/mol. The standard InChI is InChI=1S/C26H54N4O10/c1-5-35-16-20(3)39-12-10-37-18-22(31)14-29-24(25(33)34)8-7-9-28-26(27)30-15-23(32)19-38-11-13-40-21(4)17-36-6-2/h20-24,29,31-32H,5-19H2,1-4H3,(H,33,34)(H3,27,28,30). The Balaban J connectivity index is 3.94. The lowest BCUT2D eigenvalue weighted by Crippen LogP contribution is -2.43. The molecule has 0 aromatic rings. The molecule has 7 N–H and O–H groups in total. The molecule has 0 saturated heterocycles. The Hall–Kier alpha value is -1.62. The largest absolute Gasteiger partial charge is 0.480 e. The first-order valence-corrected chi connectivity index (χ1v) is 14.1. The van der Waals surface area contributed by atoms with Crippen LogP contribution in [0.2, 0.25) is 0 Å². The lowest BCUT2D eigenvalue weighted by atomic mass is 10.1. The Bertz CT molecular complexity index is 632. The van der Waals surface area contributed by atoms with Crippen molar-refractivity contribution in [2.75, 3.05) is 85.7 Å². The number of carboxylic acid groups (broad SMARTS) is 1. The zero-order valence-electron chi connectivity index (χ0n) is 24.7. The van der Waals surface area contributed by atoms with E-state index >= 15 is 0 Å². The van der Waals surface area contributed by atoms with Crippen molar-refractivity contribution in [1.82, 2.24) is 10.6 Å². The molecule has 0 aliphatic rings. The van der Waals surface area contributed by atoms with Crippen LogP contribution in [0.3, 0.4) is 0 Å². The number of hydrogen-bond acceptors (Lipinski definition) is 11. The van der Waals surface area contributed by atoms with Crippen molar-refractivity contribution >= 4 is 11.9 Å². The van der Waals surface area contributed by atoms with Crippen LogP contribution in [0, 0.1) is 0 Å². The molecule has 0 radical (unpaired) electrons. The minimum atomic E-state index is -1.01. The second-order valence-electron chi connectivity index (χ2n) is 9.23. The van der Waals surface area contributed by atoms with Crippen molar-refractivity contribution in [1.29, 1.82) is 0 Å². The second-order valence-corrected chi connectivity index (χ2v) is 9.23. The van der Waals surface area contributed by atoms with Gasteiger partial charge in [0, 0.05) is 26.3 Å². The van der Waals surface area contributed by atoms with Crippen molar-refractivity contribution in [2.45, 2.75) is 71.0 Å². The minimum absolute atomic E-state index is 0.0203. The summed E-state index contributed by atoms with van der Waals surface area (Å²) in [5, 5.41) is 35.2. The molecular weight excluding hydrogens is 528 g/mol. The summed E-state index contributed by atoms with van der Waals surface area (Å²) < 4.78 is 32.3. The van der Waals surface area contributed by atoms with Gasteiger partial charge in [0.2, 0.25) is 0 Å². The molecule has 0 spiro atoms. The van der Waals surface area contributed by atoms with Gasteiger partial charge >= 0.3 is 5.97 Å². The van der Waals surface area contributed by atoms with Crippen LogP contribution in [0.25, 0.3) is 0 Å². The number of guanidine groups is 1. The molecule has 5 unspecified atom stereocenters. The highest BCUT2D eigenvalue weighted by Crippen LogP contribution is 1.99. The van der Waals surface area contributed by atoms with E-state index in [2.05, 4.69) is 15.6 Å². The predicted octanol–water partition coefficient (Wildman–Crippen LogP) is -0.648. The van der Waals surface area contributed by atoms with Gasteiger partial charge in [-0.2, -0.15) is 0 Å². The van der Waals surface area contributed by atoms with E-state index in [9.17, 15) is 20.1 Å². The summed E-state index contributed by atoms with van der Waals surface area (Å²) in [7, 11) is 0. The van der Waals surface area contributed by atoms with E-state index in [-0.39, 0.29) is 44.5 Å². The summed E-state index contributed by atoms with van der Waals surface area (Å²) in [5.41, 5.74) is 5.81. The molecule has 5 atom stereocenters. The number of aliphatic hydroxyl groups excluding tert-OH is 2. The Labute approximate surface area is 238 Å². The van der Waals surface area contributed by atoms with E-state index < -0.39 is 24.2 Å². The maximum absolute atomic E-state index is 11.5. The van der Waals surface area contributed by atoms with Crippen LogP contribution in [0.4, 0.5) is 0 Å². The van der Waals surface area contributed by atoms with E-state index in [1.54, 1.807) is 0 Å². The number of nitrogens with two attached hydrogens (primary N) is 1. The van der Waals surface area contributed by atoms with Gasteiger partial charge in [0.05, 0.1) is 83.8 Å². The number of ether oxygens (including phenoxy) is 6. The quantitative estimate of drug-likeness (QED) is 0.0387. The molecule has 0 aromatic heterocycles. The summed E-state index contributed by atoms with van der Waals surface area (Å²) in [6.07, 6.45) is -0.907. The van der Waals surface area contributed by atoms with E-state index in [1.165, 1.54) is 0 Å². The zero-order valence-corrected chi connectivity index (χ0v) is 24.7. The van der Waals surface area contributed by atoms with Crippen LogP contribution >= 0.6 is 0 Å². The van der Waals surface area contributed by atoms with Crippen LogP contribution in [0.5, 0.6) is 0 Å². The molecule has 0 amide bonds. The number of hydrogen-bond donors (Lipinski definition) is 6. The summed E-state index contributed by atoms with van der Waals surface area (Å²) in [6.45, 7) is 12.1. The lowest BCUT2D eigenvalue weighted by molar-refractivity contribution is -0.139. The fourth-order valence-electron chi connectivity index (χ4n) is 3.20. The summed E-state index contributed by atoms with van der Waals surface area (Å²) in [4.78, 5) is 15.6. The fourth-order valence-corrected chi connectivity index (χ4v) is 3.20. The number of carbonyl (C=O) groups is 1. The molecule has 14 heteroatoms. The molecule has 0 bridgehead atoms. The molecule has 0 aromatic carbocycles.